The first-order chi connectivity index (χ1) is 15.1. The Bertz CT molecular complexity index is 1040. The fourth-order valence-corrected chi connectivity index (χ4v) is 3.81. The predicted molar refractivity (Wildman–Crippen MR) is 141 cm³/mol. The molecule has 0 radical (unpaired) electrons. The maximum atomic E-state index is 11.8. The van der Waals surface area contributed by atoms with Crippen LogP contribution in [0.3, 0.4) is 0 Å². The molecule has 1 heterocycles. The second-order valence-electron chi connectivity index (χ2n) is 6.75. The highest BCUT2D eigenvalue weighted by molar-refractivity contribution is 14.0. The third-order valence-corrected chi connectivity index (χ3v) is 5.61. The highest BCUT2D eigenvalue weighted by Crippen LogP contribution is 2.25. The van der Waals surface area contributed by atoms with Crippen molar-refractivity contribution in [1.29, 1.82) is 0 Å². The largest absolute Gasteiger partial charge is 0.497 e. The minimum Gasteiger partial charge on any atom is -0.497 e. The topological polar surface area (TPSA) is 87.6 Å². The van der Waals surface area contributed by atoms with Gasteiger partial charge in [0, 0.05) is 37.1 Å². The first kappa shape index (κ1) is 25.6. The predicted octanol–water partition coefficient (Wildman–Crippen LogP) is 3.70. The molecule has 0 atom stereocenters. The monoisotopic (exact) mass is 565 g/mol. The number of carbonyl (C=O) groups excluding carboxylic acids is 1. The molecule has 3 N–H and O–H groups in total. The molecule has 0 aliphatic carbocycles. The summed E-state index contributed by atoms with van der Waals surface area (Å²) in [6.45, 7) is 1.28. The van der Waals surface area contributed by atoms with Crippen LogP contribution in [0.1, 0.15) is 21.6 Å². The number of hydrogen-bond donors (Lipinski definition) is 3. The molecule has 2 aromatic carbocycles. The smallest absolute Gasteiger partial charge is 0.251 e. The van der Waals surface area contributed by atoms with Crippen LogP contribution >= 0.6 is 35.3 Å². The molecule has 0 saturated carbocycles. The van der Waals surface area contributed by atoms with Crippen molar-refractivity contribution in [3.63, 3.8) is 0 Å². The molecule has 3 rings (SSSR count). The molecule has 7 nitrogen and oxygen atoms in total. The number of aliphatic imine (C=N–C) groups is 1. The van der Waals surface area contributed by atoms with E-state index in [1.165, 1.54) is 0 Å². The fraction of sp³-hybridized carbons (Fsp3) is 0.261. The summed E-state index contributed by atoms with van der Waals surface area (Å²) in [6.07, 6.45) is 0.782. The standard InChI is InChI=1S/C23H27N5O2S.HI/c1-24-21(29)18-6-4-5-16(13-18)11-12-26-23(25-2)27-14-19-15-31-22(28-19)17-7-9-20(30-3)10-8-17;/h4-10,13,15H,11-12,14H2,1-3H3,(H,24,29)(H2,25,26,27);1H. The van der Waals surface area contributed by atoms with Crippen molar-refractivity contribution >= 4 is 47.2 Å². The second kappa shape index (κ2) is 13.0. The lowest BCUT2D eigenvalue weighted by molar-refractivity contribution is 0.0963. The van der Waals surface area contributed by atoms with E-state index in [4.69, 9.17) is 9.72 Å². The summed E-state index contributed by atoms with van der Waals surface area (Å²) in [5.41, 5.74) is 3.78. The summed E-state index contributed by atoms with van der Waals surface area (Å²) in [6, 6.07) is 15.5. The average molecular weight is 565 g/mol. The van der Waals surface area contributed by atoms with Crippen LogP contribution in [0.4, 0.5) is 0 Å². The number of amides is 1. The molecule has 3 aromatic rings. The number of thiazole rings is 1. The van der Waals surface area contributed by atoms with Crippen LogP contribution < -0.4 is 20.7 Å². The van der Waals surface area contributed by atoms with Crippen LogP contribution in [-0.2, 0) is 13.0 Å². The van der Waals surface area contributed by atoms with Gasteiger partial charge in [0.2, 0.25) is 0 Å². The zero-order valence-corrected chi connectivity index (χ0v) is 21.5. The van der Waals surface area contributed by atoms with Gasteiger partial charge < -0.3 is 20.7 Å². The van der Waals surface area contributed by atoms with Crippen molar-refractivity contribution in [2.24, 2.45) is 4.99 Å². The van der Waals surface area contributed by atoms with Crippen molar-refractivity contribution in [3.05, 3.63) is 70.7 Å². The minimum absolute atomic E-state index is 0. The summed E-state index contributed by atoms with van der Waals surface area (Å²) in [7, 11) is 5.03. The highest BCUT2D eigenvalue weighted by atomic mass is 127. The number of halogens is 1. The summed E-state index contributed by atoms with van der Waals surface area (Å²) < 4.78 is 5.20. The van der Waals surface area contributed by atoms with Crippen LogP contribution in [0.2, 0.25) is 0 Å². The van der Waals surface area contributed by atoms with Gasteiger partial charge >= 0.3 is 0 Å². The first-order valence-corrected chi connectivity index (χ1v) is 10.8. The number of ether oxygens (including phenoxy) is 1. The number of benzene rings is 2. The van der Waals surface area contributed by atoms with Crippen LogP contribution in [-0.4, -0.2) is 44.6 Å². The number of guanidine groups is 1. The summed E-state index contributed by atoms with van der Waals surface area (Å²) in [5, 5.41) is 12.3. The molecule has 1 aromatic heterocycles. The lowest BCUT2D eigenvalue weighted by Gasteiger charge is -2.11. The van der Waals surface area contributed by atoms with Crippen LogP contribution in [0.15, 0.2) is 58.9 Å². The van der Waals surface area contributed by atoms with Gasteiger partial charge in [-0.15, -0.1) is 35.3 Å². The van der Waals surface area contributed by atoms with E-state index in [0.717, 1.165) is 34.0 Å². The number of nitrogens with one attached hydrogen (secondary N) is 3. The van der Waals surface area contributed by atoms with Gasteiger partial charge in [-0.05, 0) is 48.4 Å². The zero-order chi connectivity index (χ0) is 22.1. The number of nitrogens with zero attached hydrogens (tertiary/aromatic N) is 2. The van der Waals surface area contributed by atoms with E-state index in [-0.39, 0.29) is 29.9 Å². The molecule has 170 valence electrons. The van der Waals surface area contributed by atoms with Gasteiger partial charge in [0.15, 0.2) is 5.96 Å². The minimum atomic E-state index is -0.0791. The Balaban J connectivity index is 0.00000363. The third kappa shape index (κ3) is 7.20. The van der Waals surface area contributed by atoms with E-state index in [2.05, 4.69) is 20.9 Å². The Morgan fingerprint density at radius 2 is 1.94 bits per heavy atom. The lowest BCUT2D eigenvalue weighted by atomic mass is 10.1. The van der Waals surface area contributed by atoms with Crippen LogP contribution in [0.25, 0.3) is 10.6 Å². The Morgan fingerprint density at radius 1 is 1.16 bits per heavy atom. The number of methoxy groups -OCH3 is 1. The normalized spacial score (nSPS) is 10.8. The maximum absolute atomic E-state index is 11.8. The highest BCUT2D eigenvalue weighted by Gasteiger charge is 2.07. The molecule has 0 fully saturated rings. The van der Waals surface area contributed by atoms with Crippen molar-refractivity contribution in [2.45, 2.75) is 13.0 Å². The van der Waals surface area contributed by atoms with Crippen LogP contribution in [0.5, 0.6) is 5.75 Å². The SMILES string of the molecule is CN=C(NCCc1cccc(C(=O)NC)c1)NCc1csc(-c2ccc(OC)cc2)n1.I. The Kier molecular flexibility index (Phi) is 10.4. The quantitative estimate of drug-likeness (QED) is 0.220. The van der Waals surface area contributed by atoms with E-state index in [9.17, 15) is 4.79 Å². The number of carbonyl (C=O) groups is 1. The van der Waals surface area contributed by atoms with Crippen molar-refractivity contribution in [3.8, 4) is 16.3 Å². The van der Waals surface area contributed by atoms with E-state index in [0.29, 0.717) is 24.6 Å². The molecule has 9 heteroatoms. The van der Waals surface area contributed by atoms with Gasteiger partial charge in [-0.1, -0.05) is 12.1 Å². The number of rotatable bonds is 8. The van der Waals surface area contributed by atoms with E-state index < -0.39 is 0 Å². The van der Waals surface area contributed by atoms with Crippen molar-refractivity contribution in [2.75, 3.05) is 27.7 Å². The van der Waals surface area contributed by atoms with E-state index in [1.807, 2.05) is 53.9 Å². The Hall–Kier alpha value is -2.66. The molecular formula is C23H28IN5O2S. The lowest BCUT2D eigenvalue weighted by Crippen LogP contribution is -2.37. The molecule has 1 amide bonds. The zero-order valence-electron chi connectivity index (χ0n) is 18.3. The van der Waals surface area contributed by atoms with Gasteiger partial charge in [-0.2, -0.15) is 0 Å². The summed E-state index contributed by atoms with van der Waals surface area (Å²) >= 11 is 1.61. The summed E-state index contributed by atoms with van der Waals surface area (Å²) in [4.78, 5) is 20.7. The van der Waals surface area contributed by atoms with Gasteiger partial charge in [-0.25, -0.2) is 4.98 Å². The molecular weight excluding hydrogens is 537 g/mol. The van der Waals surface area contributed by atoms with Crippen molar-refractivity contribution in [1.82, 2.24) is 20.9 Å². The fourth-order valence-electron chi connectivity index (χ4n) is 2.99. The molecule has 32 heavy (non-hydrogen) atoms. The van der Waals surface area contributed by atoms with Gasteiger partial charge in [0.05, 0.1) is 19.3 Å². The first-order valence-electron chi connectivity index (χ1n) is 9.97. The summed E-state index contributed by atoms with van der Waals surface area (Å²) in [5.74, 6) is 1.46. The molecule has 0 spiro atoms. The van der Waals surface area contributed by atoms with Gasteiger partial charge in [0.1, 0.15) is 10.8 Å². The van der Waals surface area contributed by atoms with Crippen LogP contribution in [0, 0.1) is 0 Å². The Morgan fingerprint density at radius 3 is 2.62 bits per heavy atom. The van der Waals surface area contributed by atoms with E-state index >= 15 is 0 Å². The molecule has 0 aliphatic heterocycles. The average Bonchev–Trinajstić information content (AvgIpc) is 3.30. The Labute approximate surface area is 209 Å². The number of hydrogen-bond acceptors (Lipinski definition) is 5. The van der Waals surface area contributed by atoms with Gasteiger partial charge in [0.25, 0.3) is 5.91 Å². The molecule has 0 unspecified atom stereocenters. The molecule has 0 bridgehead atoms. The molecule has 0 aliphatic rings. The van der Waals surface area contributed by atoms with Gasteiger partial charge in [-0.3, -0.25) is 9.79 Å². The second-order valence-corrected chi connectivity index (χ2v) is 7.61. The third-order valence-electron chi connectivity index (χ3n) is 4.67. The van der Waals surface area contributed by atoms with E-state index in [1.54, 1.807) is 32.5 Å². The number of aromatic nitrogens is 1. The molecule has 0 saturated heterocycles. The van der Waals surface area contributed by atoms with Crippen molar-refractivity contribution < 1.29 is 9.53 Å². The maximum Gasteiger partial charge on any atom is 0.251 e.